The maximum absolute atomic E-state index is 14.7. The minimum absolute atomic E-state index is 0.0673. The minimum Gasteiger partial charge on any atom is -0.489 e. The van der Waals surface area contributed by atoms with Crippen molar-refractivity contribution in [3.63, 3.8) is 0 Å². The van der Waals surface area contributed by atoms with E-state index < -0.39 is 78.9 Å². The van der Waals surface area contributed by atoms with Crippen LogP contribution in [0, 0.1) is 29.6 Å². The van der Waals surface area contributed by atoms with Crippen LogP contribution < -0.4 is 31.3 Å². The van der Waals surface area contributed by atoms with Crippen molar-refractivity contribution in [2.45, 2.75) is 176 Å². The number of rotatable bonds is 50. The van der Waals surface area contributed by atoms with Gasteiger partial charge < -0.3 is 102 Å². The lowest BCUT2D eigenvalue weighted by Gasteiger charge is -2.44. The molecule has 0 saturated carbocycles. The third kappa shape index (κ3) is 32.5. The van der Waals surface area contributed by atoms with Crippen LogP contribution in [0.3, 0.4) is 0 Å². The zero-order valence-electron chi connectivity index (χ0n) is 65.7. The maximum atomic E-state index is 14.7. The SMILES string of the molecule is CC[C@H]1O[C@@H](OCCOCCOCCNC(=O)CN(CC(=O)NCCOCCOCCO[C@@H]2O[C@H](COC(C)=O)[C@H](C)[C@H](C)[C@H]2C)C(Cc2ccc(-c3ccc(OCc4ccccc4)cc3)cc2)C(=O)NCCOCCOCCO[C@@H]2O[C@H](CC)[C@H](C)[C@H](OC(C)=O)[C@H]2NC(C)=O)[C@H](NC(C)=O)[C@@H](OC(C)=O)[C@H]1C. The summed E-state index contributed by atoms with van der Waals surface area (Å²) in [5.41, 5.74) is 3.64. The molecule has 0 aromatic heterocycles. The van der Waals surface area contributed by atoms with E-state index in [1.807, 2.05) is 107 Å². The van der Waals surface area contributed by atoms with Crippen LogP contribution in [0.5, 0.6) is 5.75 Å². The smallest absolute Gasteiger partial charge is 0.302 e. The van der Waals surface area contributed by atoms with E-state index in [1.54, 1.807) is 0 Å². The van der Waals surface area contributed by atoms with Gasteiger partial charge in [0.1, 0.15) is 43.3 Å². The van der Waals surface area contributed by atoms with E-state index >= 15 is 0 Å². The molecule has 0 aliphatic carbocycles. The second-order valence-electron chi connectivity index (χ2n) is 27.5. The average Bonchev–Trinajstić information content (AvgIpc) is 0.792. The molecule has 3 aromatic carbocycles. The molecule has 5 amide bonds. The van der Waals surface area contributed by atoms with Crippen LogP contribution in [0.25, 0.3) is 11.1 Å². The van der Waals surface area contributed by atoms with E-state index in [0.29, 0.717) is 25.2 Å². The summed E-state index contributed by atoms with van der Waals surface area (Å²) in [5, 5.41) is 14.4. The van der Waals surface area contributed by atoms with Crippen molar-refractivity contribution >= 4 is 47.4 Å². The Bertz CT molecular complexity index is 3180. The molecule has 1 unspecified atom stereocenters. The number of amides is 5. The van der Waals surface area contributed by atoms with Crippen LogP contribution in [0.4, 0.5) is 0 Å². The molecule has 3 aromatic rings. The van der Waals surface area contributed by atoms with Gasteiger partial charge in [-0.3, -0.25) is 43.3 Å². The number of nitrogens with one attached hydrogen (secondary N) is 5. The Kier molecular flexibility index (Phi) is 41.4. The molecule has 109 heavy (non-hydrogen) atoms. The summed E-state index contributed by atoms with van der Waals surface area (Å²) < 4.78 is 94.1. The lowest BCUT2D eigenvalue weighted by molar-refractivity contribution is -0.258. The third-order valence-electron chi connectivity index (χ3n) is 19.3. The molecule has 610 valence electrons. The summed E-state index contributed by atoms with van der Waals surface area (Å²) in [6.07, 6.45) is -3.12. The number of hydrogen-bond acceptors (Lipinski definition) is 25. The van der Waals surface area contributed by atoms with Crippen molar-refractivity contribution in [1.82, 2.24) is 31.5 Å². The Morgan fingerprint density at radius 2 is 0.844 bits per heavy atom. The lowest BCUT2D eigenvalue weighted by atomic mass is 9.79. The summed E-state index contributed by atoms with van der Waals surface area (Å²) in [4.78, 5) is 104. The Balaban J connectivity index is 1.05. The molecule has 16 atom stereocenters. The van der Waals surface area contributed by atoms with Gasteiger partial charge >= 0.3 is 17.9 Å². The first-order valence-electron chi connectivity index (χ1n) is 38.2. The Hall–Kier alpha value is -7.30. The molecule has 3 fully saturated rings. The molecule has 6 rings (SSSR count). The van der Waals surface area contributed by atoms with E-state index in [2.05, 4.69) is 47.4 Å². The monoisotopic (exact) mass is 1540 g/mol. The van der Waals surface area contributed by atoms with Crippen molar-refractivity contribution in [2.24, 2.45) is 29.6 Å². The number of ether oxygens (including phenoxy) is 16. The van der Waals surface area contributed by atoms with E-state index in [4.69, 9.17) is 75.8 Å². The van der Waals surface area contributed by atoms with E-state index in [0.717, 1.165) is 22.3 Å². The van der Waals surface area contributed by atoms with Gasteiger partial charge in [-0.15, -0.1) is 0 Å². The predicted octanol–water partition coefficient (Wildman–Crippen LogP) is 5.25. The van der Waals surface area contributed by atoms with Gasteiger partial charge in [0.05, 0.1) is 137 Å². The fourth-order valence-corrected chi connectivity index (χ4v) is 13.2. The number of carbonyl (C=O) groups excluding carboxylic acids is 8. The molecule has 0 radical (unpaired) electrons. The highest BCUT2D eigenvalue weighted by atomic mass is 16.7. The first kappa shape index (κ1) is 90.6. The highest BCUT2D eigenvalue weighted by Gasteiger charge is 2.48. The molecular formula is C79H120N6O24. The van der Waals surface area contributed by atoms with Crippen molar-refractivity contribution in [1.29, 1.82) is 0 Å². The van der Waals surface area contributed by atoms with Crippen LogP contribution in [0.1, 0.15) is 107 Å². The molecule has 0 bridgehead atoms. The van der Waals surface area contributed by atoms with Crippen molar-refractivity contribution < 1.29 is 114 Å². The van der Waals surface area contributed by atoms with Gasteiger partial charge in [0, 0.05) is 72.0 Å². The second kappa shape index (κ2) is 49.9. The zero-order chi connectivity index (χ0) is 79.0. The van der Waals surface area contributed by atoms with Gasteiger partial charge in [-0.25, -0.2) is 0 Å². The average molecular weight is 1540 g/mol. The van der Waals surface area contributed by atoms with Gasteiger partial charge in [0.15, 0.2) is 18.9 Å². The Labute approximate surface area is 641 Å². The molecule has 3 aliphatic heterocycles. The highest BCUT2D eigenvalue weighted by Crippen LogP contribution is 2.37. The zero-order valence-corrected chi connectivity index (χ0v) is 65.7. The van der Waals surface area contributed by atoms with Gasteiger partial charge in [0.25, 0.3) is 0 Å². The number of hydrogen-bond donors (Lipinski definition) is 5. The number of esters is 3. The minimum atomic E-state index is -1.06. The van der Waals surface area contributed by atoms with Crippen LogP contribution in [-0.2, 0) is 122 Å². The van der Waals surface area contributed by atoms with Crippen molar-refractivity contribution in [3.05, 3.63) is 90.0 Å². The number of benzene rings is 3. The summed E-state index contributed by atoms with van der Waals surface area (Å²) in [7, 11) is 0. The van der Waals surface area contributed by atoms with Gasteiger partial charge in [0.2, 0.25) is 29.5 Å². The van der Waals surface area contributed by atoms with Gasteiger partial charge in [-0.2, -0.15) is 0 Å². The number of nitrogens with zero attached hydrogens (tertiary/aromatic N) is 1. The molecule has 5 N–H and O–H groups in total. The van der Waals surface area contributed by atoms with Crippen LogP contribution in [0.2, 0.25) is 0 Å². The van der Waals surface area contributed by atoms with Crippen molar-refractivity contribution in [2.75, 3.05) is 138 Å². The summed E-state index contributed by atoms with van der Waals surface area (Å²) in [5.74, 6) is -2.57. The lowest BCUT2D eigenvalue weighted by Crippen LogP contribution is -2.62. The van der Waals surface area contributed by atoms with E-state index in [-0.39, 0.29) is 211 Å². The first-order valence-corrected chi connectivity index (χ1v) is 38.2. The fraction of sp³-hybridized carbons (Fsp3) is 0.671. The van der Waals surface area contributed by atoms with Gasteiger partial charge in [-0.1, -0.05) is 115 Å². The molecule has 30 heteroatoms. The fourth-order valence-electron chi connectivity index (χ4n) is 13.2. The molecule has 0 spiro atoms. The Morgan fingerprint density at radius 3 is 1.28 bits per heavy atom. The third-order valence-corrected chi connectivity index (χ3v) is 19.3. The summed E-state index contributed by atoms with van der Waals surface area (Å²) in [6.45, 7) is 23.4. The van der Waals surface area contributed by atoms with Crippen LogP contribution in [-0.4, -0.2) is 258 Å². The van der Waals surface area contributed by atoms with E-state index in [1.165, 1.54) is 39.5 Å². The van der Waals surface area contributed by atoms with Crippen LogP contribution in [0.15, 0.2) is 78.9 Å². The molecule has 30 nitrogen and oxygen atoms in total. The second-order valence-corrected chi connectivity index (χ2v) is 27.5. The van der Waals surface area contributed by atoms with E-state index in [9.17, 15) is 38.4 Å². The Morgan fingerprint density at radius 1 is 0.431 bits per heavy atom. The molecule has 3 aliphatic rings. The molecule has 3 heterocycles. The largest absolute Gasteiger partial charge is 0.489 e. The first-order chi connectivity index (χ1) is 52.5. The normalized spacial score (nSPS) is 24.2. The summed E-state index contributed by atoms with van der Waals surface area (Å²) >= 11 is 0. The van der Waals surface area contributed by atoms with Crippen molar-refractivity contribution in [3.8, 4) is 16.9 Å². The quantitative estimate of drug-likeness (QED) is 0.0273. The maximum Gasteiger partial charge on any atom is 0.302 e. The topological polar surface area (TPSA) is 348 Å². The van der Waals surface area contributed by atoms with Crippen LogP contribution >= 0.6 is 0 Å². The molecule has 3 saturated heterocycles. The number of carbonyl (C=O) groups is 8. The molecular weight excluding hydrogens is 1420 g/mol. The summed E-state index contributed by atoms with van der Waals surface area (Å²) in [6, 6.07) is 22.8. The highest BCUT2D eigenvalue weighted by molar-refractivity contribution is 5.86. The van der Waals surface area contributed by atoms with Gasteiger partial charge in [-0.05, 0) is 65.5 Å². The standard InChI is InChI=1S/C79H120N6O24/c1-13-67-54(6)74(105-59(11)89)72(83-56(8)86)78(107-67)101-44-41-98-38-35-95-32-29-81-71(92)48-85(47-70(91)80-28-31-94-34-37-97-40-43-100-77-53(5)51(3)52(4)69(109-77)50-103-58(10)88)66(46-61-20-22-63(23-21-61)64-24-26-65(27-25-64)104-49-62-18-16-15-17-19-62)76(93)82-30-33-96-36-39-99-42-45-102-79-73(84-57(9)87)75(106-60(12)90)55(7)68(14-2)108-79/h15-27,51-55,66-69,72-75,77-79H,13-14,28-50H2,1-12H3,(H,80,91)(H,81,92)(H,82,93)(H,83,86)(H,84,87)/t51-,52+,53+,54-,55-,66?,67+,68+,69+,72+,73+,74-,75-,77+,78+,79+/m0/s1. The predicted molar refractivity (Wildman–Crippen MR) is 399 cm³/mol.